The maximum absolute atomic E-state index is 9.18. The van der Waals surface area contributed by atoms with E-state index >= 15 is 0 Å². The lowest BCUT2D eigenvalue weighted by atomic mass is 10.1. The van der Waals surface area contributed by atoms with Crippen molar-refractivity contribution in [2.24, 2.45) is 5.10 Å². The molecule has 3 aromatic carbocycles. The van der Waals surface area contributed by atoms with E-state index in [-0.39, 0.29) is 0 Å². The SMILES string of the molecule is COc1ccc(CN/N=C/c2ccc(OCc3ccccc3C#N)c(Br)c2)cc1OC. The molecule has 0 aliphatic rings. The van der Waals surface area contributed by atoms with E-state index in [9.17, 15) is 5.26 Å². The largest absolute Gasteiger partial charge is 0.493 e. The number of ether oxygens (including phenoxy) is 3. The Kier molecular flexibility index (Phi) is 7.91. The number of halogens is 1. The van der Waals surface area contributed by atoms with Crippen molar-refractivity contribution in [1.82, 2.24) is 5.43 Å². The van der Waals surface area contributed by atoms with Gasteiger partial charge in [0.15, 0.2) is 11.5 Å². The van der Waals surface area contributed by atoms with Gasteiger partial charge >= 0.3 is 0 Å². The highest BCUT2D eigenvalue weighted by Gasteiger charge is 2.06. The smallest absolute Gasteiger partial charge is 0.161 e. The molecule has 0 aliphatic carbocycles. The minimum absolute atomic E-state index is 0.322. The van der Waals surface area contributed by atoms with Crippen molar-refractivity contribution in [2.75, 3.05) is 14.2 Å². The molecular formula is C24H22BrN3O3. The number of nitriles is 1. The first-order valence-corrected chi connectivity index (χ1v) is 10.3. The quantitative estimate of drug-likeness (QED) is 0.343. The van der Waals surface area contributed by atoms with E-state index in [1.165, 1.54) is 0 Å². The van der Waals surface area contributed by atoms with Crippen molar-refractivity contribution in [2.45, 2.75) is 13.2 Å². The fourth-order valence-electron chi connectivity index (χ4n) is 2.87. The number of nitrogens with one attached hydrogen (secondary N) is 1. The molecule has 0 unspecified atom stereocenters. The average Bonchev–Trinajstić information content (AvgIpc) is 2.81. The number of hydrogen-bond donors (Lipinski definition) is 1. The van der Waals surface area contributed by atoms with E-state index in [1.807, 2.05) is 54.6 Å². The molecule has 3 rings (SSSR count). The van der Waals surface area contributed by atoms with Gasteiger partial charge < -0.3 is 19.6 Å². The third kappa shape index (κ3) is 6.00. The van der Waals surface area contributed by atoms with Crippen molar-refractivity contribution in [1.29, 1.82) is 5.26 Å². The molecule has 0 fully saturated rings. The first-order chi connectivity index (χ1) is 15.1. The minimum Gasteiger partial charge on any atom is -0.493 e. The Bertz CT molecular complexity index is 1110. The van der Waals surface area contributed by atoms with Gasteiger partial charge in [0.1, 0.15) is 12.4 Å². The van der Waals surface area contributed by atoms with Gasteiger partial charge in [-0.1, -0.05) is 24.3 Å². The highest BCUT2D eigenvalue weighted by atomic mass is 79.9. The molecular weight excluding hydrogens is 458 g/mol. The summed E-state index contributed by atoms with van der Waals surface area (Å²) in [7, 11) is 3.22. The molecule has 158 valence electrons. The summed E-state index contributed by atoms with van der Waals surface area (Å²) < 4.78 is 17.2. The maximum atomic E-state index is 9.18. The third-order valence-corrected chi connectivity index (χ3v) is 5.13. The number of hydrogen-bond acceptors (Lipinski definition) is 6. The van der Waals surface area contributed by atoms with Crippen molar-refractivity contribution < 1.29 is 14.2 Å². The van der Waals surface area contributed by atoms with Crippen molar-refractivity contribution in [3.05, 3.63) is 87.4 Å². The summed E-state index contributed by atoms with van der Waals surface area (Å²) in [4.78, 5) is 0. The van der Waals surface area contributed by atoms with Gasteiger partial charge in [-0.15, -0.1) is 0 Å². The van der Waals surface area contributed by atoms with Crippen LogP contribution < -0.4 is 19.6 Å². The van der Waals surface area contributed by atoms with E-state index in [4.69, 9.17) is 14.2 Å². The zero-order chi connectivity index (χ0) is 22.1. The molecule has 0 aliphatic heterocycles. The zero-order valence-corrected chi connectivity index (χ0v) is 18.8. The summed E-state index contributed by atoms with van der Waals surface area (Å²) in [6.07, 6.45) is 1.74. The molecule has 0 amide bonds. The number of nitrogens with zero attached hydrogens (tertiary/aromatic N) is 2. The molecule has 7 heteroatoms. The number of hydrazone groups is 1. The normalized spacial score (nSPS) is 10.5. The first kappa shape index (κ1) is 22.2. The summed E-state index contributed by atoms with van der Waals surface area (Å²) in [6, 6.07) is 21.0. The van der Waals surface area contributed by atoms with E-state index in [0.717, 1.165) is 21.2 Å². The molecule has 0 heterocycles. The Morgan fingerprint density at radius 1 is 1.00 bits per heavy atom. The topological polar surface area (TPSA) is 75.9 Å². The van der Waals surface area contributed by atoms with E-state index in [0.29, 0.717) is 36.0 Å². The second-order valence-corrected chi connectivity index (χ2v) is 7.38. The molecule has 6 nitrogen and oxygen atoms in total. The van der Waals surface area contributed by atoms with E-state index < -0.39 is 0 Å². The Labute approximate surface area is 190 Å². The standard InChI is InChI=1S/C24H22BrN3O3/c1-29-23-10-8-18(12-24(23)30-2)15-28-27-14-17-7-9-22(21(25)11-17)31-16-20-6-4-3-5-19(20)13-26/h3-12,14,28H,15-16H2,1-2H3/b27-14+. The van der Waals surface area contributed by atoms with Gasteiger partial charge in [-0.25, -0.2) is 0 Å². The van der Waals surface area contributed by atoms with Crippen LogP contribution >= 0.6 is 15.9 Å². The van der Waals surface area contributed by atoms with Crippen LogP contribution in [0.3, 0.4) is 0 Å². The van der Waals surface area contributed by atoms with Crippen LogP contribution in [0.2, 0.25) is 0 Å². The fraction of sp³-hybridized carbons (Fsp3) is 0.167. The van der Waals surface area contributed by atoms with Crippen molar-refractivity contribution >= 4 is 22.1 Å². The first-order valence-electron chi connectivity index (χ1n) is 9.51. The molecule has 31 heavy (non-hydrogen) atoms. The molecule has 0 aromatic heterocycles. The van der Waals surface area contributed by atoms with Crippen LogP contribution in [0.4, 0.5) is 0 Å². The van der Waals surface area contributed by atoms with Gasteiger partial charge in [-0.3, -0.25) is 0 Å². The molecule has 0 saturated heterocycles. The highest BCUT2D eigenvalue weighted by molar-refractivity contribution is 9.10. The van der Waals surface area contributed by atoms with Crippen LogP contribution in [0.15, 0.2) is 70.2 Å². The van der Waals surface area contributed by atoms with Gasteiger partial charge in [-0.05, 0) is 63.5 Å². The highest BCUT2D eigenvalue weighted by Crippen LogP contribution is 2.28. The van der Waals surface area contributed by atoms with Gasteiger partial charge in [0, 0.05) is 5.56 Å². The molecule has 3 aromatic rings. The van der Waals surface area contributed by atoms with Crippen LogP contribution in [0.25, 0.3) is 0 Å². The number of rotatable bonds is 9. The lowest BCUT2D eigenvalue weighted by molar-refractivity contribution is 0.304. The van der Waals surface area contributed by atoms with Crippen LogP contribution in [-0.4, -0.2) is 20.4 Å². The van der Waals surface area contributed by atoms with Crippen molar-refractivity contribution in [3.8, 4) is 23.3 Å². The number of methoxy groups -OCH3 is 2. The monoisotopic (exact) mass is 479 g/mol. The Morgan fingerprint density at radius 3 is 2.52 bits per heavy atom. The molecule has 0 atom stereocenters. The van der Waals surface area contributed by atoms with E-state index in [1.54, 1.807) is 26.5 Å². The van der Waals surface area contributed by atoms with Crippen LogP contribution in [0.1, 0.15) is 22.3 Å². The predicted octanol–water partition coefficient (Wildman–Crippen LogP) is 5.04. The van der Waals surface area contributed by atoms with Gasteiger partial charge in [0.2, 0.25) is 0 Å². The summed E-state index contributed by atoms with van der Waals surface area (Å²) in [5.74, 6) is 2.07. The zero-order valence-electron chi connectivity index (χ0n) is 17.3. The van der Waals surface area contributed by atoms with Gasteiger partial charge in [-0.2, -0.15) is 10.4 Å². The average molecular weight is 480 g/mol. The Morgan fingerprint density at radius 2 is 1.77 bits per heavy atom. The van der Waals surface area contributed by atoms with Crippen molar-refractivity contribution in [3.63, 3.8) is 0 Å². The second kappa shape index (κ2) is 11.0. The molecule has 0 spiro atoms. The van der Waals surface area contributed by atoms with E-state index in [2.05, 4.69) is 32.5 Å². The minimum atomic E-state index is 0.322. The summed E-state index contributed by atoms with van der Waals surface area (Å²) in [6.45, 7) is 0.875. The molecule has 0 saturated carbocycles. The third-order valence-electron chi connectivity index (χ3n) is 4.51. The Hall–Kier alpha value is -3.50. The molecule has 0 bridgehead atoms. The molecule has 1 N–H and O–H groups in total. The van der Waals surface area contributed by atoms with Crippen LogP contribution in [0.5, 0.6) is 17.2 Å². The second-order valence-electron chi connectivity index (χ2n) is 6.53. The summed E-state index contributed by atoms with van der Waals surface area (Å²) >= 11 is 3.53. The molecule has 0 radical (unpaired) electrons. The predicted molar refractivity (Wildman–Crippen MR) is 124 cm³/mol. The number of benzene rings is 3. The lowest BCUT2D eigenvalue weighted by Gasteiger charge is -2.10. The van der Waals surface area contributed by atoms with Crippen LogP contribution in [0, 0.1) is 11.3 Å². The van der Waals surface area contributed by atoms with Gasteiger partial charge in [0.05, 0.1) is 43.1 Å². The summed E-state index contributed by atoms with van der Waals surface area (Å²) in [5, 5.41) is 13.5. The maximum Gasteiger partial charge on any atom is 0.161 e. The lowest BCUT2D eigenvalue weighted by Crippen LogP contribution is -2.06. The van der Waals surface area contributed by atoms with Gasteiger partial charge in [0.25, 0.3) is 0 Å². The Balaban J connectivity index is 1.56. The van der Waals surface area contributed by atoms with Crippen LogP contribution in [-0.2, 0) is 13.2 Å². The summed E-state index contributed by atoms with van der Waals surface area (Å²) in [5.41, 5.74) is 6.43. The fourth-order valence-corrected chi connectivity index (χ4v) is 3.38.